The molecular weight excluding hydrogens is 186 g/mol. The number of carbonyl (C=O) groups is 1. The summed E-state index contributed by atoms with van der Waals surface area (Å²) in [5.41, 5.74) is -0.00239. The second-order valence-corrected chi connectivity index (χ2v) is 2.91. The zero-order valence-electron chi connectivity index (χ0n) is 8.24. The van der Waals surface area contributed by atoms with Crippen LogP contribution in [0.4, 0.5) is 0 Å². The molecule has 1 aromatic rings. The molecule has 0 radical (unpaired) electrons. The lowest BCUT2D eigenvalue weighted by atomic mass is 10.3. The highest BCUT2D eigenvalue weighted by atomic mass is 16.5. The maximum atomic E-state index is 10.6. The van der Waals surface area contributed by atoms with Gasteiger partial charge >= 0.3 is 5.97 Å². The summed E-state index contributed by atoms with van der Waals surface area (Å²) in [6, 6.07) is 0. The van der Waals surface area contributed by atoms with Gasteiger partial charge in [-0.2, -0.15) is 0 Å². The second kappa shape index (κ2) is 4.76. The van der Waals surface area contributed by atoms with Crippen LogP contribution in [0.5, 0.6) is 0 Å². The molecular formula is C9H13NO4. The van der Waals surface area contributed by atoms with E-state index in [1.807, 2.05) is 0 Å². The molecule has 5 heteroatoms. The van der Waals surface area contributed by atoms with Crippen molar-refractivity contribution in [3.63, 3.8) is 0 Å². The first-order valence-corrected chi connectivity index (χ1v) is 4.33. The third-order valence-corrected chi connectivity index (χ3v) is 1.78. The van der Waals surface area contributed by atoms with Gasteiger partial charge in [-0.25, -0.2) is 9.78 Å². The molecule has 0 fully saturated rings. The molecule has 0 amide bonds. The number of methoxy groups -OCH3 is 1. The molecule has 0 bridgehead atoms. The summed E-state index contributed by atoms with van der Waals surface area (Å²) < 4.78 is 10.0. The molecule has 14 heavy (non-hydrogen) atoms. The number of hydrogen-bond donors (Lipinski definition) is 1. The number of rotatable bonds is 5. The molecule has 0 unspecified atom stereocenters. The lowest BCUT2D eigenvalue weighted by Gasteiger charge is -1.94. The average molecular weight is 199 g/mol. The Morgan fingerprint density at radius 3 is 2.86 bits per heavy atom. The highest BCUT2D eigenvalue weighted by molar-refractivity contribution is 5.86. The van der Waals surface area contributed by atoms with Crippen LogP contribution < -0.4 is 0 Å². The third kappa shape index (κ3) is 2.56. The Morgan fingerprint density at radius 1 is 1.64 bits per heavy atom. The van der Waals surface area contributed by atoms with E-state index in [0.717, 1.165) is 6.42 Å². The summed E-state index contributed by atoms with van der Waals surface area (Å²) in [6.45, 7) is 2.21. The van der Waals surface area contributed by atoms with Gasteiger partial charge in [-0.05, 0) is 13.3 Å². The summed E-state index contributed by atoms with van der Waals surface area (Å²) >= 11 is 0. The minimum Gasteiger partial charge on any atom is -0.476 e. The molecule has 0 saturated carbocycles. The maximum absolute atomic E-state index is 10.6. The van der Waals surface area contributed by atoms with E-state index in [4.69, 9.17) is 14.3 Å². The number of oxazole rings is 1. The fourth-order valence-corrected chi connectivity index (χ4v) is 1.12. The van der Waals surface area contributed by atoms with Gasteiger partial charge in [0, 0.05) is 20.1 Å². The fourth-order valence-electron chi connectivity index (χ4n) is 1.12. The van der Waals surface area contributed by atoms with Gasteiger partial charge in [-0.15, -0.1) is 0 Å². The Labute approximate surface area is 81.7 Å². The van der Waals surface area contributed by atoms with Crippen LogP contribution in [0.25, 0.3) is 0 Å². The van der Waals surface area contributed by atoms with E-state index in [9.17, 15) is 4.79 Å². The first-order valence-electron chi connectivity index (χ1n) is 4.33. The number of ether oxygens (including phenoxy) is 1. The van der Waals surface area contributed by atoms with E-state index < -0.39 is 5.97 Å². The standard InChI is InChI=1S/C9H13NO4/c1-6-8(9(11)12)10-7(14-6)4-3-5-13-2/h3-5H2,1-2H3,(H,11,12). The number of aromatic carboxylic acids is 1. The van der Waals surface area contributed by atoms with E-state index in [2.05, 4.69) is 4.98 Å². The molecule has 1 aromatic heterocycles. The van der Waals surface area contributed by atoms with Crippen molar-refractivity contribution in [3.8, 4) is 0 Å². The van der Waals surface area contributed by atoms with Gasteiger partial charge in [0.15, 0.2) is 11.6 Å². The van der Waals surface area contributed by atoms with E-state index in [1.165, 1.54) is 0 Å². The van der Waals surface area contributed by atoms with Crippen molar-refractivity contribution in [2.45, 2.75) is 19.8 Å². The Morgan fingerprint density at radius 2 is 2.36 bits per heavy atom. The van der Waals surface area contributed by atoms with E-state index in [0.29, 0.717) is 24.7 Å². The fraction of sp³-hybridized carbons (Fsp3) is 0.556. The summed E-state index contributed by atoms with van der Waals surface area (Å²) in [7, 11) is 1.61. The van der Waals surface area contributed by atoms with E-state index in [1.54, 1.807) is 14.0 Å². The largest absolute Gasteiger partial charge is 0.476 e. The molecule has 0 aliphatic rings. The van der Waals surface area contributed by atoms with Crippen LogP contribution >= 0.6 is 0 Å². The minimum atomic E-state index is -1.05. The van der Waals surface area contributed by atoms with Gasteiger partial charge in [0.05, 0.1) is 0 Å². The summed E-state index contributed by atoms with van der Waals surface area (Å²) in [6.07, 6.45) is 1.37. The lowest BCUT2D eigenvalue weighted by Crippen LogP contribution is -1.99. The number of carboxylic acid groups (broad SMARTS) is 1. The molecule has 0 spiro atoms. The second-order valence-electron chi connectivity index (χ2n) is 2.91. The van der Waals surface area contributed by atoms with Crippen LogP contribution in [0.2, 0.25) is 0 Å². The molecule has 0 aliphatic carbocycles. The number of nitrogens with zero attached hydrogens (tertiary/aromatic N) is 1. The topological polar surface area (TPSA) is 72.6 Å². The first-order chi connectivity index (χ1) is 6.65. The predicted octanol–water partition coefficient (Wildman–Crippen LogP) is 1.26. The van der Waals surface area contributed by atoms with Crippen molar-refractivity contribution in [2.75, 3.05) is 13.7 Å². The van der Waals surface area contributed by atoms with Crippen molar-refractivity contribution in [1.29, 1.82) is 0 Å². The monoisotopic (exact) mass is 199 g/mol. The molecule has 5 nitrogen and oxygen atoms in total. The van der Waals surface area contributed by atoms with E-state index >= 15 is 0 Å². The van der Waals surface area contributed by atoms with Crippen molar-refractivity contribution in [1.82, 2.24) is 4.98 Å². The van der Waals surface area contributed by atoms with Gasteiger partial charge in [0.25, 0.3) is 0 Å². The molecule has 0 aliphatic heterocycles. The number of aryl methyl sites for hydroxylation is 2. The molecule has 1 N–H and O–H groups in total. The quantitative estimate of drug-likeness (QED) is 0.723. The lowest BCUT2D eigenvalue weighted by molar-refractivity contribution is 0.0689. The maximum Gasteiger partial charge on any atom is 0.358 e. The summed E-state index contributed by atoms with van der Waals surface area (Å²) in [5, 5.41) is 8.70. The van der Waals surface area contributed by atoms with E-state index in [-0.39, 0.29) is 5.69 Å². The van der Waals surface area contributed by atoms with Crippen LogP contribution in [-0.4, -0.2) is 29.8 Å². The average Bonchev–Trinajstić information content (AvgIpc) is 2.47. The number of carboxylic acids is 1. The highest BCUT2D eigenvalue weighted by Gasteiger charge is 2.15. The highest BCUT2D eigenvalue weighted by Crippen LogP contribution is 2.11. The molecule has 1 rings (SSSR count). The molecule has 0 aromatic carbocycles. The molecule has 78 valence electrons. The summed E-state index contributed by atoms with van der Waals surface area (Å²) in [4.78, 5) is 14.5. The number of hydrogen-bond acceptors (Lipinski definition) is 4. The molecule has 0 saturated heterocycles. The summed E-state index contributed by atoms with van der Waals surface area (Å²) in [5.74, 6) is -0.244. The molecule has 1 heterocycles. The minimum absolute atomic E-state index is 0.00239. The Kier molecular flexibility index (Phi) is 3.64. The van der Waals surface area contributed by atoms with Crippen molar-refractivity contribution in [2.24, 2.45) is 0 Å². The van der Waals surface area contributed by atoms with Crippen molar-refractivity contribution < 1.29 is 19.1 Å². The van der Waals surface area contributed by atoms with Gasteiger partial charge in [0.1, 0.15) is 5.76 Å². The van der Waals surface area contributed by atoms with Gasteiger partial charge in [0.2, 0.25) is 0 Å². The normalized spacial score (nSPS) is 10.4. The van der Waals surface area contributed by atoms with Crippen LogP contribution in [0.15, 0.2) is 4.42 Å². The van der Waals surface area contributed by atoms with Crippen molar-refractivity contribution >= 4 is 5.97 Å². The van der Waals surface area contributed by atoms with Gasteiger partial charge in [-0.3, -0.25) is 0 Å². The van der Waals surface area contributed by atoms with Gasteiger partial charge < -0.3 is 14.3 Å². The smallest absolute Gasteiger partial charge is 0.358 e. The van der Waals surface area contributed by atoms with Crippen LogP contribution in [0, 0.1) is 6.92 Å². The molecule has 0 atom stereocenters. The first kappa shape index (κ1) is 10.7. The number of aromatic nitrogens is 1. The van der Waals surface area contributed by atoms with Gasteiger partial charge in [-0.1, -0.05) is 0 Å². The third-order valence-electron chi connectivity index (χ3n) is 1.78. The Balaban J connectivity index is 2.62. The van der Waals surface area contributed by atoms with Crippen LogP contribution in [0.3, 0.4) is 0 Å². The van der Waals surface area contributed by atoms with Crippen LogP contribution in [-0.2, 0) is 11.2 Å². The zero-order valence-corrected chi connectivity index (χ0v) is 8.24. The van der Waals surface area contributed by atoms with Crippen LogP contribution in [0.1, 0.15) is 28.6 Å². The zero-order chi connectivity index (χ0) is 10.6. The SMILES string of the molecule is COCCCc1nc(C(=O)O)c(C)o1. The Hall–Kier alpha value is -1.36. The predicted molar refractivity (Wildman–Crippen MR) is 48.4 cm³/mol. The Bertz CT molecular complexity index is 319. The van der Waals surface area contributed by atoms with Crippen molar-refractivity contribution in [3.05, 3.63) is 17.3 Å².